The van der Waals surface area contributed by atoms with Crippen LogP contribution in [0.3, 0.4) is 0 Å². The molecule has 6 heteroatoms. The Kier molecular flexibility index (Phi) is 8.42. The van der Waals surface area contributed by atoms with Crippen molar-refractivity contribution in [1.29, 1.82) is 0 Å². The molecule has 0 spiro atoms. The molecule has 2 aromatic rings. The number of hydrogen-bond donors (Lipinski definition) is 2. The van der Waals surface area contributed by atoms with Gasteiger partial charge in [-0.15, -0.1) is 0 Å². The smallest absolute Gasteiger partial charge is 0.191 e. The summed E-state index contributed by atoms with van der Waals surface area (Å²) in [7, 11) is 1.77. The van der Waals surface area contributed by atoms with Gasteiger partial charge in [0.05, 0.1) is 25.5 Å². The Hall–Kier alpha value is -2.76. The summed E-state index contributed by atoms with van der Waals surface area (Å²) in [5.74, 6) is 2.35. The summed E-state index contributed by atoms with van der Waals surface area (Å²) in [5, 5.41) is 6.62. The summed E-state index contributed by atoms with van der Waals surface area (Å²) in [5.41, 5.74) is 3.19. The van der Waals surface area contributed by atoms with Crippen molar-refractivity contribution in [2.45, 2.75) is 33.7 Å². The van der Waals surface area contributed by atoms with E-state index in [1.54, 1.807) is 7.05 Å². The summed E-state index contributed by atoms with van der Waals surface area (Å²) in [6.07, 6.45) is 0.857. The second kappa shape index (κ2) is 11.1. The highest BCUT2D eigenvalue weighted by molar-refractivity contribution is 5.79. The topological polar surface area (TPSA) is 67.8 Å². The monoisotopic (exact) mass is 370 g/mol. The molecule has 27 heavy (non-hydrogen) atoms. The lowest BCUT2D eigenvalue weighted by molar-refractivity contribution is 0.287. The van der Waals surface area contributed by atoms with E-state index in [2.05, 4.69) is 26.7 Å². The van der Waals surface area contributed by atoms with Gasteiger partial charge in [-0.3, -0.25) is 9.98 Å². The predicted molar refractivity (Wildman–Crippen MR) is 110 cm³/mol. The maximum absolute atomic E-state index is 5.69. The zero-order valence-electron chi connectivity index (χ0n) is 16.7. The number of ether oxygens (including phenoxy) is 2. The molecular formula is C21H30N4O2. The van der Waals surface area contributed by atoms with Crippen molar-refractivity contribution < 1.29 is 9.47 Å². The average molecular weight is 370 g/mol. The van der Waals surface area contributed by atoms with Crippen LogP contribution in [0.15, 0.2) is 41.4 Å². The minimum Gasteiger partial charge on any atom is -0.490 e. The SMILES string of the molecule is CCOc1ccc(CCNC(=NC)NCc2cccc(C)n2)cc1OCC. The first-order valence-electron chi connectivity index (χ1n) is 9.41. The van der Waals surface area contributed by atoms with Crippen LogP contribution < -0.4 is 20.1 Å². The van der Waals surface area contributed by atoms with Crippen molar-refractivity contribution in [2.24, 2.45) is 4.99 Å². The molecule has 0 amide bonds. The molecule has 0 aliphatic carbocycles. The number of benzene rings is 1. The molecule has 6 nitrogen and oxygen atoms in total. The molecule has 1 heterocycles. The molecule has 0 radical (unpaired) electrons. The van der Waals surface area contributed by atoms with Crippen LogP contribution in [-0.4, -0.2) is 37.7 Å². The maximum Gasteiger partial charge on any atom is 0.191 e. The molecular weight excluding hydrogens is 340 g/mol. The van der Waals surface area contributed by atoms with Gasteiger partial charge in [0.15, 0.2) is 17.5 Å². The Morgan fingerprint density at radius 3 is 2.52 bits per heavy atom. The van der Waals surface area contributed by atoms with Gasteiger partial charge in [0.2, 0.25) is 0 Å². The van der Waals surface area contributed by atoms with Crippen LogP contribution in [0, 0.1) is 6.92 Å². The summed E-state index contributed by atoms with van der Waals surface area (Å²) in [4.78, 5) is 8.75. The molecule has 0 saturated carbocycles. The Bertz CT molecular complexity index is 747. The average Bonchev–Trinajstić information content (AvgIpc) is 2.67. The Balaban J connectivity index is 1.85. The molecule has 1 aromatic carbocycles. The molecule has 0 aliphatic heterocycles. The quantitative estimate of drug-likeness (QED) is 0.524. The lowest BCUT2D eigenvalue weighted by Crippen LogP contribution is -2.38. The molecule has 0 bridgehead atoms. The lowest BCUT2D eigenvalue weighted by Gasteiger charge is -2.14. The van der Waals surface area contributed by atoms with E-state index >= 15 is 0 Å². The fraction of sp³-hybridized carbons (Fsp3) is 0.429. The molecule has 1 aromatic heterocycles. The first-order valence-corrected chi connectivity index (χ1v) is 9.41. The van der Waals surface area contributed by atoms with Crippen molar-refractivity contribution in [3.8, 4) is 11.5 Å². The third kappa shape index (κ3) is 6.81. The second-order valence-corrected chi connectivity index (χ2v) is 6.02. The molecule has 2 N–H and O–H groups in total. The first-order chi connectivity index (χ1) is 13.2. The fourth-order valence-electron chi connectivity index (χ4n) is 2.67. The number of rotatable bonds is 9. The van der Waals surface area contributed by atoms with Crippen LogP contribution in [-0.2, 0) is 13.0 Å². The van der Waals surface area contributed by atoms with Crippen molar-refractivity contribution in [2.75, 3.05) is 26.8 Å². The van der Waals surface area contributed by atoms with Crippen molar-refractivity contribution in [3.05, 3.63) is 53.3 Å². The van der Waals surface area contributed by atoms with Crippen molar-refractivity contribution in [3.63, 3.8) is 0 Å². The van der Waals surface area contributed by atoms with Gasteiger partial charge in [-0.2, -0.15) is 0 Å². The number of aliphatic imine (C=N–C) groups is 1. The molecule has 0 fully saturated rings. The molecule has 0 unspecified atom stereocenters. The van der Waals surface area contributed by atoms with Crippen LogP contribution in [0.25, 0.3) is 0 Å². The third-order valence-electron chi connectivity index (χ3n) is 3.92. The molecule has 146 valence electrons. The van der Waals surface area contributed by atoms with Crippen molar-refractivity contribution >= 4 is 5.96 Å². The van der Waals surface area contributed by atoms with Gasteiger partial charge in [0.1, 0.15) is 0 Å². The third-order valence-corrected chi connectivity index (χ3v) is 3.92. The van der Waals surface area contributed by atoms with Crippen LogP contribution >= 0.6 is 0 Å². The normalized spacial score (nSPS) is 11.2. The highest BCUT2D eigenvalue weighted by atomic mass is 16.5. The summed E-state index contributed by atoms with van der Waals surface area (Å²) in [6, 6.07) is 12.1. The summed E-state index contributed by atoms with van der Waals surface area (Å²) < 4.78 is 11.3. The first kappa shape index (κ1) is 20.6. The standard InChI is InChI=1S/C21H30N4O2/c1-5-26-19-11-10-17(14-20(19)27-6-2)12-13-23-21(22-4)24-15-18-9-7-8-16(3)25-18/h7-11,14H,5-6,12-13,15H2,1-4H3,(H2,22,23,24). The number of guanidine groups is 1. The molecule has 0 atom stereocenters. The van der Waals surface area contributed by atoms with Gasteiger partial charge in [-0.1, -0.05) is 12.1 Å². The minimum absolute atomic E-state index is 0.616. The largest absolute Gasteiger partial charge is 0.490 e. The van der Waals surface area contributed by atoms with Crippen LogP contribution in [0.2, 0.25) is 0 Å². The van der Waals surface area contributed by atoms with Crippen molar-refractivity contribution in [1.82, 2.24) is 15.6 Å². The predicted octanol–water partition coefficient (Wildman–Crippen LogP) is 3.10. The van der Waals surface area contributed by atoms with Gasteiger partial charge < -0.3 is 20.1 Å². The number of pyridine rings is 1. The molecule has 0 aliphatic rings. The van der Waals surface area contributed by atoms with E-state index in [-0.39, 0.29) is 0 Å². The van der Waals surface area contributed by atoms with E-state index in [0.29, 0.717) is 19.8 Å². The van der Waals surface area contributed by atoms with Gasteiger partial charge in [0.25, 0.3) is 0 Å². The minimum atomic E-state index is 0.616. The van der Waals surface area contributed by atoms with E-state index in [4.69, 9.17) is 9.47 Å². The number of aryl methyl sites for hydroxylation is 1. The Morgan fingerprint density at radius 1 is 1.04 bits per heavy atom. The second-order valence-electron chi connectivity index (χ2n) is 6.02. The van der Waals surface area contributed by atoms with Gasteiger partial charge >= 0.3 is 0 Å². The zero-order valence-corrected chi connectivity index (χ0v) is 16.7. The number of aromatic nitrogens is 1. The van der Waals surface area contributed by atoms with Crippen LogP contribution in [0.1, 0.15) is 30.8 Å². The Morgan fingerprint density at radius 2 is 1.81 bits per heavy atom. The highest BCUT2D eigenvalue weighted by Crippen LogP contribution is 2.28. The Labute approximate surface area is 162 Å². The van der Waals surface area contributed by atoms with Gasteiger partial charge in [-0.05, 0) is 57.0 Å². The van der Waals surface area contributed by atoms with E-state index in [9.17, 15) is 0 Å². The van der Waals surface area contributed by atoms with Gasteiger partial charge in [0, 0.05) is 19.3 Å². The van der Waals surface area contributed by atoms with Gasteiger partial charge in [-0.25, -0.2) is 0 Å². The van der Waals surface area contributed by atoms with E-state index < -0.39 is 0 Å². The molecule has 0 saturated heterocycles. The van der Waals surface area contributed by atoms with E-state index in [1.165, 1.54) is 5.56 Å². The number of nitrogens with one attached hydrogen (secondary N) is 2. The van der Waals surface area contributed by atoms with Crippen LogP contribution in [0.5, 0.6) is 11.5 Å². The zero-order chi connectivity index (χ0) is 19.5. The fourth-order valence-corrected chi connectivity index (χ4v) is 2.67. The van der Waals surface area contributed by atoms with E-state index in [0.717, 1.165) is 41.8 Å². The lowest BCUT2D eigenvalue weighted by atomic mass is 10.1. The maximum atomic E-state index is 5.69. The summed E-state index contributed by atoms with van der Waals surface area (Å²) >= 11 is 0. The van der Waals surface area contributed by atoms with E-state index in [1.807, 2.05) is 51.1 Å². The highest BCUT2D eigenvalue weighted by Gasteiger charge is 2.06. The summed E-state index contributed by atoms with van der Waals surface area (Å²) in [6.45, 7) is 8.58. The molecule has 2 rings (SSSR count). The number of hydrogen-bond acceptors (Lipinski definition) is 4. The van der Waals surface area contributed by atoms with Crippen LogP contribution in [0.4, 0.5) is 0 Å². The number of nitrogens with zero attached hydrogens (tertiary/aromatic N) is 2.